The van der Waals surface area contributed by atoms with Crippen LogP contribution in [-0.4, -0.2) is 16.6 Å². The number of aromatic nitrogens is 2. The van der Waals surface area contributed by atoms with Crippen LogP contribution in [0.4, 0.5) is 23.1 Å². The molecule has 2 aromatic carbocycles. The number of anilines is 4. The summed E-state index contributed by atoms with van der Waals surface area (Å²) < 4.78 is 5.43. The quantitative estimate of drug-likeness (QED) is 0.581. The molecule has 1 heterocycles. The summed E-state index contributed by atoms with van der Waals surface area (Å²) in [5, 5.41) is 7.18. The van der Waals surface area contributed by atoms with Crippen LogP contribution in [0.1, 0.15) is 6.92 Å². The second-order valence-corrected chi connectivity index (χ2v) is 5.86. The Morgan fingerprint density at radius 2 is 1.80 bits per heavy atom. The van der Waals surface area contributed by atoms with Gasteiger partial charge in [0, 0.05) is 11.9 Å². The summed E-state index contributed by atoms with van der Waals surface area (Å²) in [6.07, 6.45) is 1.66. The van der Waals surface area contributed by atoms with Crippen molar-refractivity contribution >= 4 is 46.3 Å². The third kappa shape index (κ3) is 4.53. The zero-order chi connectivity index (χ0) is 17.6. The van der Waals surface area contributed by atoms with E-state index < -0.39 is 0 Å². The van der Waals surface area contributed by atoms with Crippen LogP contribution >= 0.6 is 23.2 Å². The molecule has 3 aromatic rings. The zero-order valence-corrected chi connectivity index (χ0v) is 15.0. The van der Waals surface area contributed by atoms with Gasteiger partial charge in [-0.25, -0.2) is 4.98 Å². The Morgan fingerprint density at radius 3 is 2.56 bits per heavy atom. The Bertz CT molecular complexity index is 856. The standard InChI is InChI=1S/C18H16Cl2N4O/c1-2-25-13-8-6-12(7-9-13)22-16-10-11-21-18(24-16)23-15-5-3-4-14(19)17(15)20/h3-11H,2H2,1H3,(H2,21,22,23,24). The average Bonchev–Trinajstić information content (AvgIpc) is 2.61. The Balaban J connectivity index is 1.74. The summed E-state index contributed by atoms with van der Waals surface area (Å²) in [6.45, 7) is 2.59. The first-order chi connectivity index (χ1) is 12.2. The molecule has 0 radical (unpaired) electrons. The van der Waals surface area contributed by atoms with Gasteiger partial charge in [-0.3, -0.25) is 0 Å². The third-order valence-electron chi connectivity index (χ3n) is 3.29. The molecule has 5 nitrogen and oxygen atoms in total. The van der Waals surface area contributed by atoms with Crippen molar-refractivity contribution in [2.45, 2.75) is 6.92 Å². The van der Waals surface area contributed by atoms with Crippen LogP contribution in [0.2, 0.25) is 10.0 Å². The SMILES string of the molecule is CCOc1ccc(Nc2ccnc(Nc3cccc(Cl)c3Cl)n2)cc1. The van der Waals surface area contributed by atoms with Crippen molar-refractivity contribution in [2.75, 3.05) is 17.2 Å². The van der Waals surface area contributed by atoms with Gasteiger partial charge >= 0.3 is 0 Å². The molecule has 2 N–H and O–H groups in total. The topological polar surface area (TPSA) is 59.1 Å². The van der Waals surface area contributed by atoms with Crippen molar-refractivity contribution < 1.29 is 4.74 Å². The highest BCUT2D eigenvalue weighted by Crippen LogP contribution is 2.31. The molecule has 3 rings (SSSR count). The van der Waals surface area contributed by atoms with E-state index in [-0.39, 0.29) is 0 Å². The van der Waals surface area contributed by atoms with Crippen LogP contribution in [0.25, 0.3) is 0 Å². The molecule has 0 amide bonds. The number of hydrogen-bond donors (Lipinski definition) is 2. The molecular formula is C18H16Cl2N4O. The van der Waals surface area contributed by atoms with Gasteiger partial charge in [0.05, 0.1) is 22.3 Å². The molecule has 0 aliphatic heterocycles. The molecule has 0 aliphatic rings. The Hall–Kier alpha value is -2.50. The fraction of sp³-hybridized carbons (Fsp3) is 0.111. The van der Waals surface area contributed by atoms with E-state index in [2.05, 4.69) is 20.6 Å². The normalized spacial score (nSPS) is 10.4. The molecule has 1 aromatic heterocycles. The molecule has 7 heteroatoms. The second-order valence-electron chi connectivity index (χ2n) is 5.07. The van der Waals surface area contributed by atoms with Gasteiger partial charge in [-0.2, -0.15) is 4.98 Å². The summed E-state index contributed by atoms with van der Waals surface area (Å²) in [6, 6.07) is 14.8. The van der Waals surface area contributed by atoms with Crippen LogP contribution in [-0.2, 0) is 0 Å². The third-order valence-corrected chi connectivity index (χ3v) is 4.11. The maximum absolute atomic E-state index is 6.18. The number of ether oxygens (including phenoxy) is 1. The Labute approximate surface area is 156 Å². The molecule has 0 bridgehead atoms. The van der Waals surface area contributed by atoms with E-state index in [0.29, 0.717) is 34.1 Å². The van der Waals surface area contributed by atoms with Gasteiger partial charge in [-0.1, -0.05) is 29.3 Å². The van der Waals surface area contributed by atoms with Gasteiger partial charge in [0.25, 0.3) is 0 Å². The number of rotatable bonds is 6. The lowest BCUT2D eigenvalue weighted by Gasteiger charge is -2.10. The highest BCUT2D eigenvalue weighted by Gasteiger charge is 2.07. The van der Waals surface area contributed by atoms with Crippen molar-refractivity contribution in [1.82, 2.24) is 9.97 Å². The zero-order valence-electron chi connectivity index (χ0n) is 13.5. The van der Waals surface area contributed by atoms with E-state index in [4.69, 9.17) is 27.9 Å². The van der Waals surface area contributed by atoms with E-state index in [9.17, 15) is 0 Å². The second kappa shape index (κ2) is 8.05. The lowest BCUT2D eigenvalue weighted by atomic mass is 10.3. The van der Waals surface area contributed by atoms with E-state index in [0.717, 1.165) is 11.4 Å². The summed E-state index contributed by atoms with van der Waals surface area (Å²) in [4.78, 5) is 8.63. The monoisotopic (exact) mass is 374 g/mol. The van der Waals surface area contributed by atoms with E-state index >= 15 is 0 Å². The van der Waals surface area contributed by atoms with Crippen LogP contribution < -0.4 is 15.4 Å². The molecule has 0 unspecified atom stereocenters. The maximum atomic E-state index is 6.18. The van der Waals surface area contributed by atoms with Crippen LogP contribution in [0.5, 0.6) is 5.75 Å². The largest absolute Gasteiger partial charge is 0.494 e. The summed E-state index contributed by atoms with van der Waals surface area (Å²) >= 11 is 12.2. The van der Waals surface area contributed by atoms with Crippen LogP contribution in [0.3, 0.4) is 0 Å². The fourth-order valence-electron chi connectivity index (χ4n) is 2.16. The number of nitrogens with zero attached hydrogens (tertiary/aromatic N) is 2. The molecule has 0 fully saturated rings. The first-order valence-corrected chi connectivity index (χ1v) is 8.45. The van der Waals surface area contributed by atoms with Crippen LogP contribution in [0.15, 0.2) is 54.7 Å². The lowest BCUT2D eigenvalue weighted by molar-refractivity contribution is 0.340. The number of benzene rings is 2. The fourth-order valence-corrected chi connectivity index (χ4v) is 2.51. The molecule has 0 spiro atoms. The van der Waals surface area contributed by atoms with Crippen molar-refractivity contribution in [1.29, 1.82) is 0 Å². The molecule has 128 valence electrons. The van der Waals surface area contributed by atoms with Gasteiger partial charge in [0.1, 0.15) is 11.6 Å². The van der Waals surface area contributed by atoms with Crippen molar-refractivity contribution in [3.63, 3.8) is 0 Å². The smallest absolute Gasteiger partial charge is 0.229 e. The van der Waals surface area contributed by atoms with E-state index in [1.165, 1.54) is 0 Å². The minimum absolute atomic E-state index is 0.417. The summed E-state index contributed by atoms with van der Waals surface area (Å²) in [5.41, 5.74) is 1.54. The van der Waals surface area contributed by atoms with E-state index in [1.54, 1.807) is 24.4 Å². The van der Waals surface area contributed by atoms with Gasteiger partial charge in [0.15, 0.2) is 0 Å². The number of hydrogen-bond acceptors (Lipinski definition) is 5. The molecule has 25 heavy (non-hydrogen) atoms. The first-order valence-electron chi connectivity index (χ1n) is 7.69. The van der Waals surface area contributed by atoms with Gasteiger partial charge in [-0.15, -0.1) is 0 Å². The summed E-state index contributed by atoms with van der Waals surface area (Å²) in [7, 11) is 0. The predicted octanol–water partition coefficient (Wildman–Crippen LogP) is 5.67. The van der Waals surface area contributed by atoms with E-state index in [1.807, 2.05) is 37.3 Å². The van der Waals surface area contributed by atoms with Gasteiger partial charge in [-0.05, 0) is 49.4 Å². The Kier molecular flexibility index (Phi) is 5.58. The number of nitrogens with one attached hydrogen (secondary N) is 2. The molecule has 0 saturated carbocycles. The number of halogens is 2. The minimum atomic E-state index is 0.417. The summed E-state index contributed by atoms with van der Waals surface area (Å²) in [5.74, 6) is 1.90. The van der Waals surface area contributed by atoms with Gasteiger partial charge in [0.2, 0.25) is 5.95 Å². The van der Waals surface area contributed by atoms with Crippen LogP contribution in [0, 0.1) is 0 Å². The Morgan fingerprint density at radius 1 is 1.00 bits per heavy atom. The molecule has 0 aliphatic carbocycles. The lowest BCUT2D eigenvalue weighted by Crippen LogP contribution is -2.01. The predicted molar refractivity (Wildman–Crippen MR) is 103 cm³/mol. The van der Waals surface area contributed by atoms with Crippen molar-refractivity contribution in [2.24, 2.45) is 0 Å². The molecule has 0 atom stereocenters. The minimum Gasteiger partial charge on any atom is -0.494 e. The maximum Gasteiger partial charge on any atom is 0.229 e. The molecular weight excluding hydrogens is 359 g/mol. The van der Waals surface area contributed by atoms with Crippen molar-refractivity contribution in [3.8, 4) is 5.75 Å². The molecule has 0 saturated heterocycles. The van der Waals surface area contributed by atoms with Crippen molar-refractivity contribution in [3.05, 3.63) is 64.8 Å². The van der Waals surface area contributed by atoms with Gasteiger partial charge < -0.3 is 15.4 Å². The highest BCUT2D eigenvalue weighted by atomic mass is 35.5. The average molecular weight is 375 g/mol. The first kappa shape index (κ1) is 17.3. The highest BCUT2D eigenvalue weighted by molar-refractivity contribution is 6.43.